The molecule has 1 aliphatic heterocycles. The molecular formula is C11H24N2O. The molecule has 0 spiro atoms. The minimum Gasteiger partial charge on any atom is -0.395 e. The van der Waals surface area contributed by atoms with Crippen molar-refractivity contribution in [2.45, 2.75) is 45.3 Å². The fraction of sp³-hybridized carbons (Fsp3) is 1.00. The number of aliphatic hydroxyl groups excluding tert-OH is 1. The fourth-order valence-corrected chi connectivity index (χ4v) is 2.16. The molecule has 0 saturated carbocycles. The molecule has 1 rings (SSSR count). The predicted octanol–water partition coefficient (Wildman–Crippen LogP) is 0.782. The second kappa shape index (κ2) is 4.17. The summed E-state index contributed by atoms with van der Waals surface area (Å²) in [4.78, 5) is 4.74. The Balaban J connectivity index is 2.73. The third-order valence-electron chi connectivity index (χ3n) is 3.23. The van der Waals surface area contributed by atoms with Crippen molar-refractivity contribution in [3.8, 4) is 0 Å². The molecule has 2 unspecified atom stereocenters. The maximum Gasteiger partial charge on any atom is 0.0599 e. The third kappa shape index (κ3) is 2.47. The maximum atomic E-state index is 9.36. The summed E-state index contributed by atoms with van der Waals surface area (Å²) in [5, 5.41) is 9.36. The number of piperazine rings is 1. The molecule has 84 valence electrons. The van der Waals surface area contributed by atoms with Gasteiger partial charge in [0.1, 0.15) is 0 Å². The Morgan fingerprint density at radius 2 is 1.86 bits per heavy atom. The van der Waals surface area contributed by atoms with E-state index < -0.39 is 0 Å². The van der Waals surface area contributed by atoms with E-state index in [2.05, 4.69) is 44.5 Å². The predicted molar refractivity (Wildman–Crippen MR) is 59.4 cm³/mol. The Labute approximate surface area is 87.7 Å². The summed E-state index contributed by atoms with van der Waals surface area (Å²) in [7, 11) is 2.13. The normalized spacial score (nSPS) is 32.1. The maximum absolute atomic E-state index is 9.36. The van der Waals surface area contributed by atoms with Crippen LogP contribution < -0.4 is 0 Å². The Hall–Kier alpha value is -0.120. The average Bonchev–Trinajstić information content (AvgIpc) is 2.07. The van der Waals surface area contributed by atoms with Crippen molar-refractivity contribution in [1.29, 1.82) is 0 Å². The zero-order chi connectivity index (χ0) is 10.9. The van der Waals surface area contributed by atoms with E-state index in [4.69, 9.17) is 0 Å². The lowest BCUT2D eigenvalue weighted by atomic mass is 9.98. The van der Waals surface area contributed by atoms with E-state index in [1.165, 1.54) is 0 Å². The summed E-state index contributed by atoms with van der Waals surface area (Å²) in [6.07, 6.45) is 0. The van der Waals surface area contributed by atoms with Gasteiger partial charge in [0.05, 0.1) is 6.61 Å². The summed E-state index contributed by atoms with van der Waals surface area (Å²) >= 11 is 0. The molecule has 0 radical (unpaired) electrons. The van der Waals surface area contributed by atoms with E-state index in [9.17, 15) is 5.11 Å². The molecule has 14 heavy (non-hydrogen) atoms. The van der Waals surface area contributed by atoms with Crippen LogP contribution in [-0.2, 0) is 0 Å². The van der Waals surface area contributed by atoms with Crippen molar-refractivity contribution < 1.29 is 5.11 Å². The van der Waals surface area contributed by atoms with Gasteiger partial charge in [-0.3, -0.25) is 4.90 Å². The largest absolute Gasteiger partial charge is 0.395 e. The standard InChI is InChI=1S/C11H24N2O/c1-9-6-13(11(2,3)4)10(8-14)7-12(9)5/h9-10,14H,6-8H2,1-5H3. The van der Waals surface area contributed by atoms with Crippen molar-refractivity contribution in [3.05, 3.63) is 0 Å². The molecule has 0 amide bonds. The van der Waals surface area contributed by atoms with Crippen LogP contribution in [0.25, 0.3) is 0 Å². The third-order valence-corrected chi connectivity index (χ3v) is 3.23. The number of hydrogen-bond donors (Lipinski definition) is 1. The SMILES string of the molecule is CC1CN(C(C)(C)C)C(CO)CN1C. The highest BCUT2D eigenvalue weighted by molar-refractivity contribution is 4.91. The summed E-state index contributed by atoms with van der Waals surface area (Å²) < 4.78 is 0. The molecule has 1 fully saturated rings. The summed E-state index contributed by atoms with van der Waals surface area (Å²) in [6.45, 7) is 11.2. The first-order valence-corrected chi connectivity index (χ1v) is 5.44. The lowest BCUT2D eigenvalue weighted by Gasteiger charge is -2.49. The second-order valence-electron chi connectivity index (χ2n) is 5.45. The summed E-state index contributed by atoms with van der Waals surface area (Å²) in [5.74, 6) is 0. The highest BCUT2D eigenvalue weighted by atomic mass is 16.3. The van der Waals surface area contributed by atoms with Gasteiger partial charge in [-0.15, -0.1) is 0 Å². The van der Waals surface area contributed by atoms with Crippen LogP contribution in [0.4, 0.5) is 0 Å². The van der Waals surface area contributed by atoms with Gasteiger partial charge in [-0.05, 0) is 34.7 Å². The van der Waals surface area contributed by atoms with Gasteiger partial charge in [0.15, 0.2) is 0 Å². The van der Waals surface area contributed by atoms with Crippen molar-refractivity contribution >= 4 is 0 Å². The lowest BCUT2D eigenvalue weighted by molar-refractivity contribution is -0.0288. The van der Waals surface area contributed by atoms with Gasteiger partial charge in [0.25, 0.3) is 0 Å². The molecule has 0 aromatic rings. The average molecular weight is 200 g/mol. The molecule has 0 aliphatic carbocycles. The van der Waals surface area contributed by atoms with E-state index in [1.807, 2.05) is 0 Å². The van der Waals surface area contributed by atoms with Crippen LogP contribution in [0.3, 0.4) is 0 Å². The van der Waals surface area contributed by atoms with E-state index in [1.54, 1.807) is 0 Å². The Morgan fingerprint density at radius 3 is 2.29 bits per heavy atom. The van der Waals surface area contributed by atoms with Crippen LogP contribution in [-0.4, -0.2) is 59.3 Å². The number of hydrogen-bond acceptors (Lipinski definition) is 3. The summed E-state index contributed by atoms with van der Waals surface area (Å²) in [5.41, 5.74) is 0.156. The summed E-state index contributed by atoms with van der Waals surface area (Å²) in [6, 6.07) is 0.869. The van der Waals surface area contributed by atoms with Gasteiger partial charge in [0, 0.05) is 30.7 Å². The van der Waals surface area contributed by atoms with Crippen LogP contribution in [0, 0.1) is 0 Å². The highest BCUT2D eigenvalue weighted by Crippen LogP contribution is 2.22. The molecule has 1 N–H and O–H groups in total. The van der Waals surface area contributed by atoms with Crippen molar-refractivity contribution in [2.24, 2.45) is 0 Å². The monoisotopic (exact) mass is 200 g/mol. The molecule has 1 saturated heterocycles. The number of nitrogens with zero attached hydrogens (tertiary/aromatic N) is 2. The molecule has 3 nitrogen and oxygen atoms in total. The highest BCUT2D eigenvalue weighted by Gasteiger charge is 2.35. The zero-order valence-electron chi connectivity index (χ0n) is 10.1. The zero-order valence-corrected chi connectivity index (χ0v) is 10.1. The van der Waals surface area contributed by atoms with Crippen molar-refractivity contribution in [2.75, 3.05) is 26.7 Å². The quantitative estimate of drug-likeness (QED) is 0.677. The fourth-order valence-electron chi connectivity index (χ4n) is 2.16. The molecule has 0 aromatic carbocycles. The van der Waals surface area contributed by atoms with Gasteiger partial charge < -0.3 is 10.0 Å². The van der Waals surface area contributed by atoms with E-state index in [-0.39, 0.29) is 18.2 Å². The van der Waals surface area contributed by atoms with Gasteiger partial charge in [-0.1, -0.05) is 0 Å². The Kier molecular flexibility index (Phi) is 3.56. The molecule has 1 aliphatic rings. The Morgan fingerprint density at radius 1 is 1.29 bits per heavy atom. The molecule has 2 atom stereocenters. The minimum absolute atomic E-state index is 0.156. The van der Waals surface area contributed by atoms with Crippen molar-refractivity contribution in [3.63, 3.8) is 0 Å². The van der Waals surface area contributed by atoms with Crippen LogP contribution >= 0.6 is 0 Å². The van der Waals surface area contributed by atoms with E-state index >= 15 is 0 Å². The molecule has 0 bridgehead atoms. The first kappa shape index (κ1) is 12.0. The van der Waals surface area contributed by atoms with Crippen molar-refractivity contribution in [1.82, 2.24) is 9.80 Å². The first-order valence-electron chi connectivity index (χ1n) is 5.44. The smallest absolute Gasteiger partial charge is 0.0599 e. The van der Waals surface area contributed by atoms with Crippen LogP contribution in [0.2, 0.25) is 0 Å². The lowest BCUT2D eigenvalue weighted by Crippen LogP contribution is -2.62. The molecule has 0 aromatic heterocycles. The van der Waals surface area contributed by atoms with Gasteiger partial charge >= 0.3 is 0 Å². The number of aliphatic hydroxyl groups is 1. The first-order chi connectivity index (χ1) is 6.36. The van der Waals surface area contributed by atoms with Gasteiger partial charge in [-0.25, -0.2) is 0 Å². The number of likely N-dealkylation sites (N-methyl/N-ethyl adjacent to an activating group) is 1. The van der Waals surface area contributed by atoms with E-state index in [0.717, 1.165) is 13.1 Å². The molecule has 3 heteroatoms. The van der Waals surface area contributed by atoms with Crippen LogP contribution in [0.15, 0.2) is 0 Å². The topological polar surface area (TPSA) is 26.7 Å². The number of rotatable bonds is 1. The minimum atomic E-state index is 0.156. The molecule has 1 heterocycles. The second-order valence-corrected chi connectivity index (χ2v) is 5.45. The van der Waals surface area contributed by atoms with E-state index in [0.29, 0.717) is 6.04 Å². The Bertz CT molecular complexity index is 188. The van der Waals surface area contributed by atoms with Crippen LogP contribution in [0.5, 0.6) is 0 Å². The van der Waals surface area contributed by atoms with Gasteiger partial charge in [0.2, 0.25) is 0 Å². The van der Waals surface area contributed by atoms with Crippen LogP contribution in [0.1, 0.15) is 27.7 Å². The van der Waals surface area contributed by atoms with Gasteiger partial charge in [-0.2, -0.15) is 0 Å². The molecular weight excluding hydrogens is 176 g/mol.